The lowest BCUT2D eigenvalue weighted by molar-refractivity contribution is 0.115. The standard InChI is InChI=1S/C12H20N2O2/c1-9-3-4-10(7-11(9)13)12(16)8-14(2)5-6-15/h3-4,7,12,15-16H,5-6,8,13H2,1-2H3. The molecule has 0 fully saturated rings. The van der Waals surface area contributed by atoms with E-state index in [-0.39, 0.29) is 6.61 Å². The van der Waals surface area contributed by atoms with Gasteiger partial charge < -0.3 is 20.8 Å². The lowest BCUT2D eigenvalue weighted by atomic mass is 10.1. The Bertz CT molecular complexity index is 342. The molecule has 0 aliphatic carbocycles. The molecule has 0 aromatic heterocycles. The van der Waals surface area contributed by atoms with E-state index in [9.17, 15) is 5.11 Å². The number of aliphatic hydroxyl groups excluding tert-OH is 2. The monoisotopic (exact) mass is 224 g/mol. The number of benzene rings is 1. The first-order chi connectivity index (χ1) is 7.54. The fraction of sp³-hybridized carbons (Fsp3) is 0.500. The van der Waals surface area contributed by atoms with Crippen molar-refractivity contribution in [2.75, 3.05) is 32.5 Å². The molecule has 0 aliphatic rings. The zero-order valence-corrected chi connectivity index (χ0v) is 9.85. The molecule has 4 nitrogen and oxygen atoms in total. The molecule has 1 aromatic rings. The van der Waals surface area contributed by atoms with Gasteiger partial charge in [0.05, 0.1) is 12.7 Å². The molecule has 0 spiro atoms. The van der Waals surface area contributed by atoms with Crippen LogP contribution in [0.4, 0.5) is 5.69 Å². The summed E-state index contributed by atoms with van der Waals surface area (Å²) in [7, 11) is 1.86. The molecule has 1 aromatic carbocycles. The van der Waals surface area contributed by atoms with Crippen LogP contribution in [-0.4, -0.2) is 41.9 Å². The number of nitrogens with zero attached hydrogens (tertiary/aromatic N) is 1. The van der Waals surface area contributed by atoms with Gasteiger partial charge >= 0.3 is 0 Å². The van der Waals surface area contributed by atoms with Crippen molar-refractivity contribution in [1.82, 2.24) is 4.90 Å². The Morgan fingerprint density at radius 3 is 2.69 bits per heavy atom. The van der Waals surface area contributed by atoms with Crippen LogP contribution in [0, 0.1) is 6.92 Å². The summed E-state index contributed by atoms with van der Waals surface area (Å²) in [5.41, 5.74) is 8.31. The largest absolute Gasteiger partial charge is 0.399 e. The summed E-state index contributed by atoms with van der Waals surface area (Å²) in [5, 5.41) is 18.7. The van der Waals surface area contributed by atoms with Gasteiger partial charge in [0.15, 0.2) is 0 Å². The van der Waals surface area contributed by atoms with Gasteiger partial charge in [-0.1, -0.05) is 12.1 Å². The lowest BCUT2D eigenvalue weighted by Crippen LogP contribution is -2.27. The Hall–Kier alpha value is -1.10. The molecular formula is C12H20N2O2. The lowest BCUT2D eigenvalue weighted by Gasteiger charge is -2.20. The second-order valence-corrected chi connectivity index (χ2v) is 4.12. The van der Waals surface area contributed by atoms with E-state index in [1.165, 1.54) is 0 Å². The number of aryl methyl sites for hydroxylation is 1. The maximum absolute atomic E-state index is 9.95. The van der Waals surface area contributed by atoms with E-state index >= 15 is 0 Å². The third-order valence-electron chi connectivity index (χ3n) is 2.65. The van der Waals surface area contributed by atoms with Crippen LogP contribution in [0.1, 0.15) is 17.2 Å². The quantitative estimate of drug-likeness (QED) is 0.638. The van der Waals surface area contributed by atoms with Crippen molar-refractivity contribution in [3.8, 4) is 0 Å². The number of hydrogen-bond acceptors (Lipinski definition) is 4. The zero-order chi connectivity index (χ0) is 12.1. The molecule has 1 atom stereocenters. The van der Waals surface area contributed by atoms with Crippen LogP contribution in [0.15, 0.2) is 18.2 Å². The minimum atomic E-state index is -0.570. The number of nitrogen functional groups attached to an aromatic ring is 1. The summed E-state index contributed by atoms with van der Waals surface area (Å²) < 4.78 is 0. The average molecular weight is 224 g/mol. The first-order valence-corrected chi connectivity index (χ1v) is 5.38. The summed E-state index contributed by atoms with van der Waals surface area (Å²) in [6.07, 6.45) is -0.570. The van der Waals surface area contributed by atoms with Crippen molar-refractivity contribution >= 4 is 5.69 Å². The Kier molecular flexibility index (Phi) is 4.73. The smallest absolute Gasteiger partial charge is 0.0917 e. The van der Waals surface area contributed by atoms with Crippen LogP contribution < -0.4 is 5.73 Å². The molecular weight excluding hydrogens is 204 g/mol. The van der Waals surface area contributed by atoms with E-state index in [1.54, 1.807) is 6.07 Å². The Morgan fingerprint density at radius 2 is 2.12 bits per heavy atom. The van der Waals surface area contributed by atoms with Crippen LogP contribution in [0.3, 0.4) is 0 Å². The zero-order valence-electron chi connectivity index (χ0n) is 9.85. The van der Waals surface area contributed by atoms with Crippen LogP contribution >= 0.6 is 0 Å². The molecule has 4 heteroatoms. The highest BCUT2D eigenvalue weighted by Crippen LogP contribution is 2.19. The first-order valence-electron chi connectivity index (χ1n) is 5.38. The van der Waals surface area contributed by atoms with Crippen LogP contribution in [0.5, 0.6) is 0 Å². The van der Waals surface area contributed by atoms with Gasteiger partial charge in [-0.3, -0.25) is 0 Å². The predicted octanol–water partition coefficient (Wildman–Crippen LogP) is 0.535. The number of hydrogen-bond donors (Lipinski definition) is 3. The Labute approximate surface area is 96.3 Å². The van der Waals surface area contributed by atoms with Crippen LogP contribution in [0.2, 0.25) is 0 Å². The summed E-state index contributed by atoms with van der Waals surface area (Å²) in [6, 6.07) is 5.58. The summed E-state index contributed by atoms with van der Waals surface area (Å²) in [6.45, 7) is 3.07. The fourth-order valence-electron chi connectivity index (χ4n) is 1.53. The Morgan fingerprint density at radius 1 is 1.44 bits per heavy atom. The van der Waals surface area contributed by atoms with Crippen molar-refractivity contribution in [3.05, 3.63) is 29.3 Å². The minimum absolute atomic E-state index is 0.0965. The highest BCUT2D eigenvalue weighted by molar-refractivity contribution is 5.48. The minimum Gasteiger partial charge on any atom is -0.399 e. The fourth-order valence-corrected chi connectivity index (χ4v) is 1.53. The third kappa shape index (κ3) is 3.48. The molecule has 0 radical (unpaired) electrons. The van der Waals surface area contributed by atoms with Gasteiger partial charge in [-0.25, -0.2) is 0 Å². The number of likely N-dealkylation sites (N-methyl/N-ethyl adjacent to an activating group) is 1. The van der Waals surface area contributed by atoms with Crippen molar-refractivity contribution in [1.29, 1.82) is 0 Å². The molecule has 0 saturated heterocycles. The molecule has 1 unspecified atom stereocenters. The van der Waals surface area contributed by atoms with Gasteiger partial charge in [0.25, 0.3) is 0 Å². The summed E-state index contributed by atoms with van der Waals surface area (Å²) in [5.74, 6) is 0. The number of rotatable bonds is 5. The van der Waals surface area contributed by atoms with Crippen molar-refractivity contribution in [2.24, 2.45) is 0 Å². The molecule has 0 amide bonds. The highest BCUT2D eigenvalue weighted by Gasteiger charge is 2.11. The van der Waals surface area contributed by atoms with Crippen LogP contribution in [-0.2, 0) is 0 Å². The molecule has 4 N–H and O–H groups in total. The SMILES string of the molecule is Cc1ccc(C(O)CN(C)CCO)cc1N. The van der Waals surface area contributed by atoms with Gasteiger partial charge in [-0.2, -0.15) is 0 Å². The van der Waals surface area contributed by atoms with Gasteiger partial charge in [0.1, 0.15) is 0 Å². The molecule has 0 saturated carbocycles. The molecule has 0 aliphatic heterocycles. The molecule has 16 heavy (non-hydrogen) atoms. The normalized spacial score (nSPS) is 13.1. The average Bonchev–Trinajstić information content (AvgIpc) is 2.22. The van der Waals surface area contributed by atoms with E-state index in [1.807, 2.05) is 31.0 Å². The van der Waals surface area contributed by atoms with E-state index in [4.69, 9.17) is 10.8 Å². The molecule has 0 heterocycles. The van der Waals surface area contributed by atoms with Crippen molar-refractivity contribution < 1.29 is 10.2 Å². The highest BCUT2D eigenvalue weighted by atomic mass is 16.3. The summed E-state index contributed by atoms with van der Waals surface area (Å²) in [4.78, 5) is 1.88. The third-order valence-corrected chi connectivity index (χ3v) is 2.65. The Balaban J connectivity index is 2.65. The predicted molar refractivity (Wildman–Crippen MR) is 65.1 cm³/mol. The number of anilines is 1. The van der Waals surface area contributed by atoms with E-state index in [0.717, 1.165) is 11.1 Å². The summed E-state index contributed by atoms with van der Waals surface area (Å²) >= 11 is 0. The van der Waals surface area contributed by atoms with E-state index in [0.29, 0.717) is 18.8 Å². The topological polar surface area (TPSA) is 69.7 Å². The van der Waals surface area contributed by atoms with Gasteiger partial charge in [0.2, 0.25) is 0 Å². The van der Waals surface area contributed by atoms with Gasteiger partial charge in [0, 0.05) is 18.8 Å². The second-order valence-electron chi connectivity index (χ2n) is 4.12. The van der Waals surface area contributed by atoms with Crippen molar-refractivity contribution in [2.45, 2.75) is 13.0 Å². The number of nitrogens with two attached hydrogens (primary N) is 1. The van der Waals surface area contributed by atoms with E-state index < -0.39 is 6.10 Å². The maximum atomic E-state index is 9.95. The second kappa shape index (κ2) is 5.84. The van der Waals surface area contributed by atoms with E-state index in [2.05, 4.69) is 0 Å². The first kappa shape index (κ1) is 13.0. The van der Waals surface area contributed by atoms with Gasteiger partial charge in [-0.05, 0) is 31.2 Å². The molecule has 1 rings (SSSR count). The number of aliphatic hydroxyl groups is 2. The van der Waals surface area contributed by atoms with Gasteiger partial charge in [-0.15, -0.1) is 0 Å². The molecule has 0 bridgehead atoms. The van der Waals surface area contributed by atoms with Crippen molar-refractivity contribution in [3.63, 3.8) is 0 Å². The molecule has 90 valence electrons. The van der Waals surface area contributed by atoms with Crippen LogP contribution in [0.25, 0.3) is 0 Å². The maximum Gasteiger partial charge on any atom is 0.0917 e.